The third-order valence-electron chi connectivity index (χ3n) is 1.71. The molecule has 0 aliphatic carbocycles. The van der Waals surface area contributed by atoms with Crippen molar-refractivity contribution in [2.24, 2.45) is 4.99 Å². The number of pyridine rings is 1. The van der Waals surface area contributed by atoms with Crippen LogP contribution in [0.5, 0.6) is 0 Å². The van der Waals surface area contributed by atoms with Crippen LogP contribution in [0.25, 0.3) is 6.08 Å². The largest absolute Gasteiger partial charge is 0.261 e. The molecule has 1 aromatic rings. The minimum absolute atomic E-state index is 0.947. The highest BCUT2D eigenvalue weighted by Gasteiger charge is 2.00. The second-order valence-electron chi connectivity index (χ2n) is 3.09. The maximum atomic E-state index is 4.40. The maximum Gasteiger partial charge on any atom is 0.0734 e. The van der Waals surface area contributed by atoms with E-state index in [1.54, 1.807) is 12.3 Å². The minimum Gasteiger partial charge on any atom is -0.261 e. The van der Waals surface area contributed by atoms with Gasteiger partial charge in [-0.3, -0.25) is 9.98 Å². The van der Waals surface area contributed by atoms with Gasteiger partial charge >= 0.3 is 0 Å². The topological polar surface area (TPSA) is 25.2 Å². The molecule has 0 bridgehead atoms. The summed E-state index contributed by atoms with van der Waals surface area (Å²) in [5, 5.41) is 0. The second-order valence-corrected chi connectivity index (χ2v) is 3.09. The highest BCUT2D eigenvalue weighted by atomic mass is 14.8. The Morgan fingerprint density at radius 2 is 2.23 bits per heavy atom. The van der Waals surface area contributed by atoms with Crippen molar-refractivity contribution in [1.82, 2.24) is 4.98 Å². The molecule has 0 N–H and O–H groups in total. The Hall–Kier alpha value is -1.44. The lowest BCUT2D eigenvalue weighted by Crippen LogP contribution is -1.87. The Labute approximate surface area is 79.0 Å². The summed E-state index contributed by atoms with van der Waals surface area (Å²) in [6.07, 6.45) is 3.56. The summed E-state index contributed by atoms with van der Waals surface area (Å²) in [5.74, 6) is 0. The van der Waals surface area contributed by atoms with Gasteiger partial charge in [0.25, 0.3) is 0 Å². The van der Waals surface area contributed by atoms with E-state index in [-0.39, 0.29) is 0 Å². The summed E-state index contributed by atoms with van der Waals surface area (Å²) >= 11 is 0. The van der Waals surface area contributed by atoms with E-state index in [9.17, 15) is 0 Å². The van der Waals surface area contributed by atoms with Gasteiger partial charge in [-0.15, -0.1) is 0 Å². The van der Waals surface area contributed by atoms with Gasteiger partial charge in [0.1, 0.15) is 0 Å². The molecule has 1 rings (SSSR count). The van der Waals surface area contributed by atoms with Gasteiger partial charge in [0.05, 0.1) is 5.69 Å². The first-order valence-electron chi connectivity index (χ1n) is 4.25. The van der Waals surface area contributed by atoms with Gasteiger partial charge in [0, 0.05) is 23.2 Å². The van der Waals surface area contributed by atoms with Gasteiger partial charge in [-0.25, -0.2) is 0 Å². The molecule has 0 saturated carbocycles. The van der Waals surface area contributed by atoms with Crippen LogP contribution in [-0.2, 0) is 0 Å². The first-order chi connectivity index (χ1) is 6.15. The van der Waals surface area contributed by atoms with Crippen LogP contribution >= 0.6 is 0 Å². The average Bonchev–Trinajstić information content (AvgIpc) is 2.03. The molecule has 1 aromatic heterocycles. The third kappa shape index (κ3) is 2.25. The van der Waals surface area contributed by atoms with Crippen LogP contribution in [-0.4, -0.2) is 10.7 Å². The zero-order chi connectivity index (χ0) is 9.84. The average molecular weight is 174 g/mol. The number of aryl methyl sites for hydroxylation is 1. The summed E-state index contributed by atoms with van der Waals surface area (Å²) in [7, 11) is 0. The van der Waals surface area contributed by atoms with Gasteiger partial charge in [0.15, 0.2) is 0 Å². The fourth-order valence-corrected chi connectivity index (χ4v) is 1.16. The van der Waals surface area contributed by atoms with E-state index in [1.807, 2.05) is 26.8 Å². The Kier molecular flexibility index (Phi) is 2.96. The van der Waals surface area contributed by atoms with Crippen molar-refractivity contribution in [3.05, 3.63) is 30.1 Å². The van der Waals surface area contributed by atoms with E-state index in [2.05, 4.69) is 16.6 Å². The highest BCUT2D eigenvalue weighted by molar-refractivity contribution is 5.83. The summed E-state index contributed by atoms with van der Waals surface area (Å²) in [6.45, 7) is 9.66. The van der Waals surface area contributed by atoms with E-state index in [0.29, 0.717) is 0 Å². The number of hydrogen-bond acceptors (Lipinski definition) is 2. The number of rotatable bonds is 2. The zero-order valence-electron chi connectivity index (χ0n) is 8.33. The van der Waals surface area contributed by atoms with E-state index < -0.39 is 0 Å². The SMILES string of the molecule is C=Cc1c(N=C(C)C)ccnc1C. The van der Waals surface area contributed by atoms with Crippen LogP contribution in [0.2, 0.25) is 0 Å². The molecular weight excluding hydrogens is 160 g/mol. The fraction of sp³-hybridized carbons (Fsp3) is 0.273. The Morgan fingerprint density at radius 1 is 1.54 bits per heavy atom. The number of aliphatic imine (C=N–C) groups is 1. The van der Waals surface area contributed by atoms with Crippen molar-refractivity contribution >= 4 is 17.5 Å². The van der Waals surface area contributed by atoms with Crippen molar-refractivity contribution in [1.29, 1.82) is 0 Å². The lowest BCUT2D eigenvalue weighted by Gasteiger charge is -2.03. The van der Waals surface area contributed by atoms with Gasteiger partial charge < -0.3 is 0 Å². The van der Waals surface area contributed by atoms with Crippen LogP contribution in [0.1, 0.15) is 25.1 Å². The molecule has 0 radical (unpaired) electrons. The number of aromatic nitrogens is 1. The molecule has 1 heterocycles. The Bertz CT molecular complexity index is 347. The van der Waals surface area contributed by atoms with Crippen LogP contribution < -0.4 is 0 Å². The minimum atomic E-state index is 0.947. The molecule has 68 valence electrons. The molecule has 0 fully saturated rings. The standard InChI is InChI=1S/C11H14N2/c1-5-10-9(4)12-7-6-11(10)13-8(2)3/h5-7H,1H2,2-4H3. The van der Waals surface area contributed by atoms with Crippen molar-refractivity contribution in [2.45, 2.75) is 20.8 Å². The van der Waals surface area contributed by atoms with E-state index in [1.165, 1.54) is 0 Å². The number of nitrogens with zero attached hydrogens (tertiary/aromatic N) is 2. The predicted octanol–water partition coefficient (Wildman–Crippen LogP) is 3.15. The lowest BCUT2D eigenvalue weighted by atomic mass is 10.1. The summed E-state index contributed by atoms with van der Waals surface area (Å²) < 4.78 is 0. The normalized spacial score (nSPS) is 9.46. The van der Waals surface area contributed by atoms with Crippen molar-refractivity contribution < 1.29 is 0 Å². The van der Waals surface area contributed by atoms with Gasteiger partial charge in [0.2, 0.25) is 0 Å². The van der Waals surface area contributed by atoms with Gasteiger partial charge in [-0.05, 0) is 26.8 Å². The summed E-state index contributed by atoms with van der Waals surface area (Å²) in [5.41, 5.74) is 3.97. The van der Waals surface area contributed by atoms with Crippen LogP contribution in [0.4, 0.5) is 5.69 Å². The van der Waals surface area contributed by atoms with E-state index in [4.69, 9.17) is 0 Å². The fourth-order valence-electron chi connectivity index (χ4n) is 1.16. The van der Waals surface area contributed by atoms with Crippen molar-refractivity contribution in [2.75, 3.05) is 0 Å². The number of hydrogen-bond donors (Lipinski definition) is 0. The van der Waals surface area contributed by atoms with Crippen molar-refractivity contribution in [3.8, 4) is 0 Å². The molecule has 0 amide bonds. The van der Waals surface area contributed by atoms with E-state index >= 15 is 0 Å². The van der Waals surface area contributed by atoms with Gasteiger partial charge in [-0.2, -0.15) is 0 Å². The molecule has 2 nitrogen and oxygen atoms in total. The van der Waals surface area contributed by atoms with Crippen LogP contribution in [0.15, 0.2) is 23.8 Å². The zero-order valence-corrected chi connectivity index (χ0v) is 8.33. The smallest absolute Gasteiger partial charge is 0.0734 e. The Balaban J connectivity index is 3.28. The molecule has 0 saturated heterocycles. The molecule has 0 atom stereocenters. The summed E-state index contributed by atoms with van der Waals surface area (Å²) in [6, 6.07) is 1.90. The molecule has 0 unspecified atom stereocenters. The van der Waals surface area contributed by atoms with Crippen molar-refractivity contribution in [3.63, 3.8) is 0 Å². The molecule has 2 heteroatoms. The monoisotopic (exact) mass is 174 g/mol. The first-order valence-corrected chi connectivity index (χ1v) is 4.25. The van der Waals surface area contributed by atoms with Crippen LogP contribution in [0.3, 0.4) is 0 Å². The highest BCUT2D eigenvalue weighted by Crippen LogP contribution is 2.21. The predicted molar refractivity (Wildman–Crippen MR) is 57.5 cm³/mol. The Morgan fingerprint density at radius 3 is 2.77 bits per heavy atom. The van der Waals surface area contributed by atoms with Gasteiger partial charge in [-0.1, -0.05) is 12.7 Å². The third-order valence-corrected chi connectivity index (χ3v) is 1.71. The lowest BCUT2D eigenvalue weighted by molar-refractivity contribution is 1.18. The first kappa shape index (κ1) is 9.65. The quantitative estimate of drug-likeness (QED) is 0.632. The maximum absolute atomic E-state index is 4.40. The second kappa shape index (κ2) is 3.99. The molecule has 0 aliphatic heterocycles. The summed E-state index contributed by atoms with van der Waals surface area (Å²) in [4.78, 5) is 8.57. The van der Waals surface area contributed by atoms with E-state index in [0.717, 1.165) is 22.7 Å². The molecule has 0 aromatic carbocycles. The van der Waals surface area contributed by atoms with Crippen LogP contribution in [0, 0.1) is 6.92 Å². The molecule has 0 aliphatic rings. The molecule has 13 heavy (non-hydrogen) atoms. The molecule has 0 spiro atoms. The molecular formula is C11H14N2.